The molecule has 1 amide bonds. The van der Waals surface area contributed by atoms with Crippen molar-refractivity contribution in [3.05, 3.63) is 47.8 Å². The van der Waals surface area contributed by atoms with Crippen LogP contribution in [0.5, 0.6) is 0 Å². The third kappa shape index (κ3) is 3.79. The van der Waals surface area contributed by atoms with E-state index in [9.17, 15) is 9.59 Å². The average molecular weight is 328 g/mol. The van der Waals surface area contributed by atoms with E-state index in [2.05, 4.69) is 27.8 Å². The average Bonchev–Trinajstić information content (AvgIpc) is 3.18. The van der Waals surface area contributed by atoms with Crippen molar-refractivity contribution in [2.45, 2.75) is 44.2 Å². The van der Waals surface area contributed by atoms with Crippen LogP contribution in [0.25, 0.3) is 0 Å². The molecule has 1 aromatic carbocycles. The van der Waals surface area contributed by atoms with Gasteiger partial charge < -0.3 is 10.4 Å². The summed E-state index contributed by atoms with van der Waals surface area (Å²) in [6.45, 7) is -0.0309. The second-order valence-electron chi connectivity index (χ2n) is 6.30. The highest BCUT2D eigenvalue weighted by Crippen LogP contribution is 2.32. The number of aromatic carboxylic acids is 1. The fraction of sp³-hybridized carbons (Fsp3) is 0.412. The summed E-state index contributed by atoms with van der Waals surface area (Å²) in [6, 6.07) is 10.1. The van der Waals surface area contributed by atoms with Crippen LogP contribution >= 0.6 is 0 Å². The number of nitrogens with one attached hydrogen (secondary N) is 1. The summed E-state index contributed by atoms with van der Waals surface area (Å²) in [5.74, 6) is -1.33. The molecule has 1 saturated carbocycles. The van der Waals surface area contributed by atoms with Crippen molar-refractivity contribution in [2.24, 2.45) is 0 Å². The Bertz CT molecular complexity index is 720. The first-order chi connectivity index (χ1) is 11.6. The predicted octanol–water partition coefficient (Wildman–Crippen LogP) is 1.65. The molecule has 7 heteroatoms. The highest BCUT2D eigenvalue weighted by molar-refractivity contribution is 5.84. The number of carbonyl (C=O) groups is 2. The zero-order valence-corrected chi connectivity index (χ0v) is 13.3. The Morgan fingerprint density at radius 3 is 2.54 bits per heavy atom. The van der Waals surface area contributed by atoms with Gasteiger partial charge in [0.15, 0.2) is 5.69 Å². The van der Waals surface area contributed by atoms with Crippen LogP contribution < -0.4 is 5.32 Å². The van der Waals surface area contributed by atoms with E-state index in [1.807, 2.05) is 18.2 Å². The van der Waals surface area contributed by atoms with Crippen molar-refractivity contribution in [2.75, 3.05) is 0 Å². The number of nitrogens with zero attached hydrogens (tertiary/aromatic N) is 3. The molecule has 1 fully saturated rings. The third-order valence-corrected chi connectivity index (χ3v) is 4.41. The Morgan fingerprint density at radius 2 is 1.92 bits per heavy atom. The minimum Gasteiger partial charge on any atom is -0.476 e. The second kappa shape index (κ2) is 6.82. The first-order valence-electron chi connectivity index (χ1n) is 8.05. The van der Waals surface area contributed by atoms with Gasteiger partial charge in [0.25, 0.3) is 0 Å². The van der Waals surface area contributed by atoms with E-state index in [1.165, 1.54) is 16.4 Å². The van der Waals surface area contributed by atoms with Crippen LogP contribution in [0.4, 0.5) is 0 Å². The van der Waals surface area contributed by atoms with Crippen molar-refractivity contribution in [3.63, 3.8) is 0 Å². The van der Waals surface area contributed by atoms with Crippen LogP contribution in [0.15, 0.2) is 36.5 Å². The maximum atomic E-state index is 12.4. The highest BCUT2D eigenvalue weighted by Gasteiger charge is 2.35. The van der Waals surface area contributed by atoms with Gasteiger partial charge in [-0.05, 0) is 24.8 Å². The van der Waals surface area contributed by atoms with Gasteiger partial charge in [-0.3, -0.25) is 4.79 Å². The number of rotatable bonds is 6. The van der Waals surface area contributed by atoms with Gasteiger partial charge >= 0.3 is 5.97 Å². The predicted molar refractivity (Wildman–Crippen MR) is 86.5 cm³/mol. The molecular formula is C17H20N4O3. The van der Waals surface area contributed by atoms with E-state index in [-0.39, 0.29) is 23.7 Å². The van der Waals surface area contributed by atoms with Crippen molar-refractivity contribution >= 4 is 11.9 Å². The molecule has 1 aromatic heterocycles. The Hall–Kier alpha value is -2.70. The Kier molecular flexibility index (Phi) is 4.59. The van der Waals surface area contributed by atoms with E-state index >= 15 is 0 Å². The number of benzene rings is 1. The molecule has 0 bridgehead atoms. The topological polar surface area (TPSA) is 97.1 Å². The van der Waals surface area contributed by atoms with E-state index in [1.54, 1.807) is 0 Å². The molecule has 2 N–H and O–H groups in total. The van der Waals surface area contributed by atoms with Crippen molar-refractivity contribution in [1.29, 1.82) is 0 Å². The summed E-state index contributed by atoms with van der Waals surface area (Å²) in [5.41, 5.74) is 0.811. The molecule has 3 rings (SSSR count). The lowest BCUT2D eigenvalue weighted by molar-refractivity contribution is -0.123. The fourth-order valence-corrected chi connectivity index (χ4v) is 3.34. The fourth-order valence-electron chi connectivity index (χ4n) is 3.34. The van der Waals surface area contributed by atoms with Crippen LogP contribution in [0.3, 0.4) is 0 Å². The van der Waals surface area contributed by atoms with Gasteiger partial charge in [-0.1, -0.05) is 48.4 Å². The molecule has 0 saturated heterocycles. The van der Waals surface area contributed by atoms with Gasteiger partial charge in [0, 0.05) is 5.54 Å². The summed E-state index contributed by atoms with van der Waals surface area (Å²) >= 11 is 0. The van der Waals surface area contributed by atoms with Gasteiger partial charge in [-0.2, -0.15) is 0 Å². The lowest BCUT2D eigenvalue weighted by Gasteiger charge is -2.30. The normalized spacial score (nSPS) is 16.0. The van der Waals surface area contributed by atoms with Crippen LogP contribution in [0, 0.1) is 0 Å². The summed E-state index contributed by atoms with van der Waals surface area (Å²) in [6.07, 6.45) is 6.16. The van der Waals surface area contributed by atoms with Crippen LogP contribution in [-0.4, -0.2) is 37.5 Å². The van der Waals surface area contributed by atoms with E-state index in [0.29, 0.717) is 0 Å². The summed E-state index contributed by atoms with van der Waals surface area (Å²) in [5, 5.41) is 19.2. The molecule has 1 heterocycles. The Morgan fingerprint density at radius 1 is 1.21 bits per heavy atom. The molecule has 1 aliphatic rings. The van der Waals surface area contributed by atoms with Crippen molar-refractivity contribution in [1.82, 2.24) is 20.3 Å². The zero-order chi connectivity index (χ0) is 17.0. The summed E-state index contributed by atoms with van der Waals surface area (Å²) < 4.78 is 1.25. The third-order valence-electron chi connectivity index (χ3n) is 4.41. The number of aromatic nitrogens is 3. The second-order valence-corrected chi connectivity index (χ2v) is 6.30. The van der Waals surface area contributed by atoms with Crippen LogP contribution in [0.2, 0.25) is 0 Å². The molecule has 24 heavy (non-hydrogen) atoms. The largest absolute Gasteiger partial charge is 0.476 e. The van der Waals surface area contributed by atoms with Gasteiger partial charge in [0.05, 0.1) is 6.20 Å². The number of carboxylic acids is 1. The monoisotopic (exact) mass is 328 g/mol. The number of amides is 1. The minimum absolute atomic E-state index is 0.0309. The van der Waals surface area contributed by atoms with E-state index < -0.39 is 5.97 Å². The maximum absolute atomic E-state index is 12.4. The van der Waals surface area contributed by atoms with E-state index in [4.69, 9.17) is 5.11 Å². The smallest absolute Gasteiger partial charge is 0.358 e. The SMILES string of the molecule is O=C(Cn1cc(C(=O)O)nn1)NC1(Cc2ccccc2)CCCC1. The summed E-state index contributed by atoms with van der Waals surface area (Å²) in [4.78, 5) is 23.2. The molecule has 7 nitrogen and oxygen atoms in total. The molecular weight excluding hydrogens is 308 g/mol. The zero-order valence-electron chi connectivity index (χ0n) is 13.3. The van der Waals surface area contributed by atoms with Crippen molar-refractivity contribution in [3.8, 4) is 0 Å². The number of carboxylic acid groups (broad SMARTS) is 1. The van der Waals surface area contributed by atoms with Gasteiger partial charge in [0.2, 0.25) is 5.91 Å². The Balaban J connectivity index is 1.66. The molecule has 1 aliphatic carbocycles. The number of carbonyl (C=O) groups excluding carboxylic acids is 1. The molecule has 0 atom stereocenters. The van der Waals surface area contributed by atoms with E-state index in [0.717, 1.165) is 32.1 Å². The molecule has 0 aliphatic heterocycles. The van der Waals surface area contributed by atoms with Gasteiger partial charge in [0.1, 0.15) is 6.54 Å². The van der Waals surface area contributed by atoms with Gasteiger partial charge in [-0.15, -0.1) is 5.10 Å². The molecule has 0 unspecified atom stereocenters. The van der Waals surface area contributed by atoms with Gasteiger partial charge in [-0.25, -0.2) is 9.48 Å². The number of hydrogen-bond donors (Lipinski definition) is 2. The molecule has 0 spiro atoms. The van der Waals surface area contributed by atoms with Crippen molar-refractivity contribution < 1.29 is 14.7 Å². The minimum atomic E-state index is -1.15. The highest BCUT2D eigenvalue weighted by atomic mass is 16.4. The molecule has 126 valence electrons. The first kappa shape index (κ1) is 16.2. The molecule has 0 radical (unpaired) electrons. The standard InChI is InChI=1S/C17H20N4O3/c22-15(12-21-11-14(16(23)24)19-20-21)18-17(8-4-5-9-17)10-13-6-2-1-3-7-13/h1-3,6-7,11H,4-5,8-10,12H2,(H,18,22)(H,23,24). The first-order valence-corrected chi connectivity index (χ1v) is 8.05. The lowest BCUT2D eigenvalue weighted by atomic mass is 9.89. The van der Waals surface area contributed by atoms with Crippen LogP contribution in [0.1, 0.15) is 41.7 Å². The molecule has 2 aromatic rings. The quantitative estimate of drug-likeness (QED) is 0.840. The Labute approximate surface area is 139 Å². The maximum Gasteiger partial charge on any atom is 0.358 e. The van der Waals surface area contributed by atoms with Crippen LogP contribution in [-0.2, 0) is 17.8 Å². The lowest BCUT2D eigenvalue weighted by Crippen LogP contribution is -2.49. The number of hydrogen-bond acceptors (Lipinski definition) is 4. The summed E-state index contributed by atoms with van der Waals surface area (Å²) in [7, 11) is 0.